The summed E-state index contributed by atoms with van der Waals surface area (Å²) < 4.78 is 50.3. The van der Waals surface area contributed by atoms with Gasteiger partial charge in [-0.05, 0) is 37.3 Å². The van der Waals surface area contributed by atoms with Gasteiger partial charge >= 0.3 is 10.1 Å². The number of sulfone groups is 1. The van der Waals surface area contributed by atoms with E-state index in [0.29, 0.717) is 0 Å². The number of aromatic nitrogens is 1. The zero-order valence-corrected chi connectivity index (χ0v) is 12.8. The van der Waals surface area contributed by atoms with Gasteiger partial charge in [0, 0.05) is 11.9 Å². The van der Waals surface area contributed by atoms with E-state index >= 15 is 0 Å². The molecule has 0 amide bonds. The highest BCUT2D eigenvalue weighted by molar-refractivity contribution is 7.93. The summed E-state index contributed by atoms with van der Waals surface area (Å²) in [4.78, 5) is 4.20. The number of hydrogen-bond acceptors (Lipinski definition) is 6. The van der Waals surface area contributed by atoms with E-state index in [2.05, 4.69) is 4.98 Å². The molecule has 1 aromatic heterocycles. The molecular weight excluding hydrogens is 302 g/mol. The van der Waals surface area contributed by atoms with Crippen LogP contribution < -0.4 is 4.18 Å². The van der Waals surface area contributed by atoms with Crippen LogP contribution in [0.5, 0.6) is 5.75 Å². The molecule has 0 aromatic carbocycles. The highest BCUT2D eigenvalue weighted by Crippen LogP contribution is 2.23. The van der Waals surface area contributed by atoms with Crippen molar-refractivity contribution in [2.45, 2.75) is 25.7 Å². The van der Waals surface area contributed by atoms with Gasteiger partial charge in [0.05, 0.1) is 11.9 Å². The summed E-state index contributed by atoms with van der Waals surface area (Å²) in [7, 11) is -7.25. The number of rotatable bonds is 5. The summed E-state index contributed by atoms with van der Waals surface area (Å²) in [6.07, 6.45) is 6.27. The van der Waals surface area contributed by atoms with E-state index in [1.165, 1.54) is 6.20 Å². The lowest BCUT2D eigenvalue weighted by atomic mass is 9.96. The van der Waals surface area contributed by atoms with Gasteiger partial charge in [-0.2, -0.15) is 8.42 Å². The second kappa shape index (κ2) is 5.69. The maximum Gasteiger partial charge on any atom is 0.310 e. The number of fused-ring (bicyclic) bond motifs is 1. The zero-order chi connectivity index (χ0) is 14.8. The van der Waals surface area contributed by atoms with Crippen LogP contribution in [0.1, 0.15) is 24.1 Å². The predicted octanol–water partition coefficient (Wildman–Crippen LogP) is 0.714. The molecule has 1 aliphatic rings. The maximum atomic E-state index is 11.7. The Morgan fingerprint density at radius 2 is 1.85 bits per heavy atom. The minimum Gasteiger partial charge on any atom is -0.381 e. The topological polar surface area (TPSA) is 90.4 Å². The lowest BCUT2D eigenvalue weighted by Gasteiger charge is -2.15. The van der Waals surface area contributed by atoms with Crippen LogP contribution in [-0.2, 0) is 32.8 Å². The van der Waals surface area contributed by atoms with Crippen molar-refractivity contribution in [3.63, 3.8) is 0 Å². The first-order chi connectivity index (χ1) is 9.25. The van der Waals surface area contributed by atoms with E-state index in [-0.39, 0.29) is 5.75 Å². The number of pyridine rings is 1. The van der Waals surface area contributed by atoms with E-state index in [9.17, 15) is 16.8 Å². The fourth-order valence-electron chi connectivity index (χ4n) is 2.05. The van der Waals surface area contributed by atoms with Crippen LogP contribution in [0.2, 0.25) is 0 Å². The van der Waals surface area contributed by atoms with Crippen LogP contribution in [0.4, 0.5) is 0 Å². The Bertz CT molecular complexity index is 695. The van der Waals surface area contributed by atoms with Gasteiger partial charge in [0.25, 0.3) is 0 Å². The number of hydrogen-bond donors (Lipinski definition) is 0. The van der Waals surface area contributed by atoms with Crippen molar-refractivity contribution in [2.75, 3.05) is 17.8 Å². The third-order valence-corrected chi connectivity index (χ3v) is 5.43. The van der Waals surface area contributed by atoms with Gasteiger partial charge in [0.2, 0.25) is 0 Å². The van der Waals surface area contributed by atoms with Gasteiger partial charge in [0.1, 0.15) is 15.6 Å². The third-order valence-electron chi connectivity index (χ3n) is 3.07. The molecule has 6 nitrogen and oxygen atoms in total. The zero-order valence-electron chi connectivity index (χ0n) is 11.2. The van der Waals surface area contributed by atoms with Crippen molar-refractivity contribution in [1.29, 1.82) is 0 Å². The summed E-state index contributed by atoms with van der Waals surface area (Å²) >= 11 is 0. The van der Waals surface area contributed by atoms with E-state index in [4.69, 9.17) is 4.18 Å². The number of aryl methyl sites for hydroxylation is 2. The maximum absolute atomic E-state index is 11.7. The summed E-state index contributed by atoms with van der Waals surface area (Å²) in [5.41, 5.74) is 1.99. The average molecular weight is 319 g/mol. The van der Waals surface area contributed by atoms with Crippen LogP contribution in [0.25, 0.3) is 0 Å². The molecule has 0 saturated heterocycles. The molecule has 0 fully saturated rings. The largest absolute Gasteiger partial charge is 0.381 e. The van der Waals surface area contributed by atoms with Gasteiger partial charge in [-0.3, -0.25) is 4.98 Å². The minimum absolute atomic E-state index is 0.152. The standard InChI is InChI=1S/C12H17NO5S2/c1-19(14,15)6-7-20(16,17)18-11-8-10-4-2-3-5-12(10)13-9-11/h8-9H,2-7H2,1H3. The van der Waals surface area contributed by atoms with Crippen molar-refractivity contribution in [2.24, 2.45) is 0 Å². The molecule has 1 aromatic rings. The van der Waals surface area contributed by atoms with Crippen molar-refractivity contribution < 1.29 is 21.0 Å². The fourth-order valence-corrected chi connectivity index (χ4v) is 4.55. The van der Waals surface area contributed by atoms with Crippen LogP contribution in [-0.4, -0.2) is 39.6 Å². The first kappa shape index (κ1) is 15.2. The summed E-state index contributed by atoms with van der Waals surface area (Å²) in [6.45, 7) is 0. The van der Waals surface area contributed by atoms with Crippen LogP contribution in [0, 0.1) is 0 Å². The second-order valence-electron chi connectivity index (χ2n) is 4.96. The normalized spacial score (nSPS) is 15.7. The molecule has 1 heterocycles. The van der Waals surface area contributed by atoms with E-state index in [0.717, 1.165) is 43.2 Å². The van der Waals surface area contributed by atoms with Gasteiger partial charge in [0.15, 0.2) is 5.75 Å². The van der Waals surface area contributed by atoms with Crippen molar-refractivity contribution in [1.82, 2.24) is 4.98 Å². The summed E-state index contributed by atoms with van der Waals surface area (Å²) in [6, 6.07) is 1.68. The molecule has 112 valence electrons. The van der Waals surface area contributed by atoms with Crippen LogP contribution in [0.3, 0.4) is 0 Å². The highest BCUT2D eigenvalue weighted by atomic mass is 32.2. The summed E-state index contributed by atoms with van der Waals surface area (Å²) in [5, 5.41) is 0. The van der Waals surface area contributed by atoms with Gasteiger partial charge in [-0.1, -0.05) is 0 Å². The molecule has 20 heavy (non-hydrogen) atoms. The molecule has 0 radical (unpaired) electrons. The highest BCUT2D eigenvalue weighted by Gasteiger charge is 2.18. The Balaban J connectivity index is 2.09. The predicted molar refractivity (Wildman–Crippen MR) is 75.0 cm³/mol. The Hall–Kier alpha value is -1.15. The molecule has 0 atom stereocenters. The van der Waals surface area contributed by atoms with E-state index < -0.39 is 31.5 Å². The molecular formula is C12H17NO5S2. The van der Waals surface area contributed by atoms with Crippen LogP contribution in [0.15, 0.2) is 12.3 Å². The van der Waals surface area contributed by atoms with Crippen molar-refractivity contribution in [3.05, 3.63) is 23.5 Å². The first-order valence-electron chi connectivity index (χ1n) is 6.33. The Labute approximate surface area is 119 Å². The molecule has 0 saturated carbocycles. The smallest absolute Gasteiger partial charge is 0.310 e. The van der Waals surface area contributed by atoms with Gasteiger partial charge in [-0.15, -0.1) is 0 Å². The monoisotopic (exact) mass is 319 g/mol. The molecule has 8 heteroatoms. The fraction of sp³-hybridized carbons (Fsp3) is 0.583. The van der Waals surface area contributed by atoms with Crippen molar-refractivity contribution >= 4 is 20.0 Å². The molecule has 0 bridgehead atoms. The molecule has 0 aliphatic heterocycles. The molecule has 0 spiro atoms. The lowest BCUT2D eigenvalue weighted by Crippen LogP contribution is -2.20. The molecule has 2 rings (SSSR count). The minimum atomic E-state index is -3.91. The molecule has 0 N–H and O–H groups in total. The summed E-state index contributed by atoms with van der Waals surface area (Å²) in [5.74, 6) is -0.851. The Kier molecular flexibility index (Phi) is 4.33. The average Bonchev–Trinajstić information content (AvgIpc) is 2.35. The second-order valence-corrected chi connectivity index (χ2v) is 8.91. The third kappa shape index (κ3) is 4.45. The SMILES string of the molecule is CS(=O)(=O)CCS(=O)(=O)Oc1cnc2c(c1)CCCC2. The van der Waals surface area contributed by atoms with Gasteiger partial charge in [-0.25, -0.2) is 8.42 Å². The van der Waals surface area contributed by atoms with Gasteiger partial charge < -0.3 is 4.18 Å². The Morgan fingerprint density at radius 3 is 2.55 bits per heavy atom. The number of nitrogens with zero attached hydrogens (tertiary/aromatic N) is 1. The Morgan fingerprint density at radius 1 is 1.15 bits per heavy atom. The van der Waals surface area contributed by atoms with Crippen molar-refractivity contribution in [3.8, 4) is 5.75 Å². The first-order valence-corrected chi connectivity index (χ1v) is 9.97. The lowest BCUT2D eigenvalue weighted by molar-refractivity contribution is 0.484. The molecule has 0 unspecified atom stereocenters. The quantitative estimate of drug-likeness (QED) is 0.743. The van der Waals surface area contributed by atoms with E-state index in [1.54, 1.807) is 6.07 Å². The van der Waals surface area contributed by atoms with Crippen LogP contribution >= 0.6 is 0 Å². The van der Waals surface area contributed by atoms with E-state index in [1.807, 2.05) is 0 Å². The molecule has 1 aliphatic carbocycles.